The van der Waals surface area contributed by atoms with E-state index in [1.165, 1.54) is 26.4 Å². The third-order valence-electron chi connectivity index (χ3n) is 3.11. The molecule has 0 aromatic carbocycles. The molecule has 0 heterocycles. The minimum Gasteiger partial charge on any atom is -0.469 e. The van der Waals surface area contributed by atoms with Gasteiger partial charge in [0.1, 0.15) is 0 Å². The minimum absolute atomic E-state index is 0.00435. The summed E-state index contributed by atoms with van der Waals surface area (Å²) >= 11 is 0. The van der Waals surface area contributed by atoms with Crippen molar-refractivity contribution in [2.75, 3.05) is 7.11 Å². The van der Waals surface area contributed by atoms with Crippen molar-refractivity contribution in [3.05, 3.63) is 0 Å². The van der Waals surface area contributed by atoms with Crippen molar-refractivity contribution in [2.24, 2.45) is 5.41 Å². The third-order valence-corrected chi connectivity index (χ3v) is 3.11. The van der Waals surface area contributed by atoms with Crippen LogP contribution in [0.5, 0.6) is 0 Å². The van der Waals surface area contributed by atoms with Crippen LogP contribution in [0.3, 0.4) is 0 Å². The highest BCUT2D eigenvalue weighted by atomic mass is 16.5. The van der Waals surface area contributed by atoms with Crippen molar-refractivity contribution in [3.8, 4) is 0 Å². The Kier molecular flexibility index (Phi) is 6.60. The molecule has 0 saturated heterocycles. The van der Waals surface area contributed by atoms with Gasteiger partial charge in [-0.1, -0.05) is 40.0 Å². The van der Waals surface area contributed by atoms with E-state index < -0.39 is 0 Å². The molecule has 0 atom stereocenters. The van der Waals surface area contributed by atoms with Gasteiger partial charge in [0, 0.05) is 0 Å². The fourth-order valence-corrected chi connectivity index (χ4v) is 2.15. The Hall–Kier alpha value is -0.530. The van der Waals surface area contributed by atoms with Gasteiger partial charge in [-0.15, -0.1) is 0 Å². The third kappa shape index (κ3) is 3.00. The Labute approximate surface area is 88.0 Å². The highest BCUT2D eigenvalue weighted by molar-refractivity contribution is 5.76. The van der Waals surface area contributed by atoms with Gasteiger partial charge in [-0.2, -0.15) is 0 Å². The first-order chi connectivity index (χ1) is 6.75. The van der Waals surface area contributed by atoms with E-state index in [0.717, 1.165) is 19.3 Å². The number of esters is 1. The fourth-order valence-electron chi connectivity index (χ4n) is 2.15. The maximum absolute atomic E-state index is 11.5. The molecule has 2 nitrogen and oxygen atoms in total. The normalized spacial score (nSPS) is 19.1. The fraction of sp³-hybridized carbons (Fsp3) is 0.917. The number of carbonyl (C=O) groups excluding carboxylic acids is 1. The average molecular weight is 200 g/mol. The lowest BCUT2D eigenvalue weighted by atomic mass is 9.72. The van der Waals surface area contributed by atoms with Gasteiger partial charge in [0.2, 0.25) is 0 Å². The first-order valence-electron chi connectivity index (χ1n) is 5.83. The van der Waals surface area contributed by atoms with Gasteiger partial charge < -0.3 is 4.74 Å². The Balaban J connectivity index is 0.000000791. The van der Waals surface area contributed by atoms with Crippen LogP contribution in [0.4, 0.5) is 0 Å². The average Bonchev–Trinajstić information content (AvgIpc) is 2.31. The highest BCUT2D eigenvalue weighted by Gasteiger charge is 2.38. The Bertz CT molecular complexity index is 158. The molecule has 1 rings (SSSR count). The number of rotatable bonds is 2. The molecule has 0 aromatic rings. The number of ether oxygens (including phenoxy) is 1. The molecule has 0 bridgehead atoms. The summed E-state index contributed by atoms with van der Waals surface area (Å²) in [4.78, 5) is 11.5. The van der Waals surface area contributed by atoms with Crippen LogP contribution >= 0.6 is 0 Å². The van der Waals surface area contributed by atoms with Crippen molar-refractivity contribution < 1.29 is 9.53 Å². The molecule has 84 valence electrons. The van der Waals surface area contributed by atoms with E-state index in [1.54, 1.807) is 0 Å². The minimum atomic E-state index is -0.132. The van der Waals surface area contributed by atoms with Gasteiger partial charge in [-0.25, -0.2) is 0 Å². The zero-order chi connectivity index (χ0) is 11.0. The van der Waals surface area contributed by atoms with E-state index in [9.17, 15) is 4.79 Å². The van der Waals surface area contributed by atoms with Crippen LogP contribution < -0.4 is 0 Å². The molecule has 0 unspecified atom stereocenters. The van der Waals surface area contributed by atoms with E-state index in [-0.39, 0.29) is 11.4 Å². The summed E-state index contributed by atoms with van der Waals surface area (Å²) in [6, 6.07) is 0. The van der Waals surface area contributed by atoms with Crippen LogP contribution in [0, 0.1) is 5.41 Å². The Morgan fingerprint density at radius 1 is 1.21 bits per heavy atom. The summed E-state index contributed by atoms with van der Waals surface area (Å²) in [6.45, 7) is 6.09. The van der Waals surface area contributed by atoms with Gasteiger partial charge in [0.05, 0.1) is 12.5 Å². The van der Waals surface area contributed by atoms with Crippen LogP contribution in [0.25, 0.3) is 0 Å². The lowest BCUT2D eigenvalue weighted by Gasteiger charge is -2.33. The van der Waals surface area contributed by atoms with E-state index in [1.807, 2.05) is 13.8 Å². The first kappa shape index (κ1) is 13.5. The zero-order valence-corrected chi connectivity index (χ0v) is 10.1. The van der Waals surface area contributed by atoms with Crippen molar-refractivity contribution in [2.45, 2.75) is 59.3 Å². The highest BCUT2D eigenvalue weighted by Crippen LogP contribution is 2.39. The smallest absolute Gasteiger partial charge is 0.311 e. The number of hydrogen-bond acceptors (Lipinski definition) is 2. The van der Waals surface area contributed by atoms with Crippen LogP contribution in [-0.2, 0) is 9.53 Å². The number of carbonyl (C=O) groups is 1. The zero-order valence-electron chi connectivity index (χ0n) is 10.1. The van der Waals surface area contributed by atoms with Crippen molar-refractivity contribution >= 4 is 5.97 Å². The lowest BCUT2D eigenvalue weighted by Crippen LogP contribution is -2.33. The molecule has 0 spiro atoms. The van der Waals surface area contributed by atoms with Gasteiger partial charge in [0.15, 0.2) is 0 Å². The molecule has 1 fully saturated rings. The number of methoxy groups -OCH3 is 1. The topological polar surface area (TPSA) is 26.3 Å². The Morgan fingerprint density at radius 3 is 2.07 bits per heavy atom. The van der Waals surface area contributed by atoms with E-state index in [0.29, 0.717) is 0 Å². The molecule has 2 heteroatoms. The molecule has 1 aliphatic carbocycles. The Morgan fingerprint density at radius 2 is 1.71 bits per heavy atom. The molecule has 0 amide bonds. The molecule has 1 aliphatic rings. The summed E-state index contributed by atoms with van der Waals surface area (Å²) in [7, 11) is 1.49. The quantitative estimate of drug-likeness (QED) is 0.637. The van der Waals surface area contributed by atoms with Gasteiger partial charge >= 0.3 is 5.97 Å². The summed E-state index contributed by atoms with van der Waals surface area (Å²) in [5, 5.41) is 0. The maximum atomic E-state index is 11.5. The second kappa shape index (κ2) is 6.86. The lowest BCUT2D eigenvalue weighted by molar-refractivity contribution is -0.155. The van der Waals surface area contributed by atoms with Crippen molar-refractivity contribution in [1.29, 1.82) is 0 Å². The van der Waals surface area contributed by atoms with Crippen molar-refractivity contribution in [1.82, 2.24) is 0 Å². The van der Waals surface area contributed by atoms with Gasteiger partial charge in [-0.3, -0.25) is 4.79 Å². The van der Waals surface area contributed by atoms with Gasteiger partial charge in [-0.05, 0) is 19.3 Å². The molecular formula is C12H24O2. The second-order valence-electron chi connectivity index (χ2n) is 3.69. The molecule has 0 aromatic heterocycles. The predicted molar refractivity (Wildman–Crippen MR) is 59.2 cm³/mol. The standard InChI is InChI=1S/C10H18O2.C2H6/c1-3-10(9(11)12-2)7-5-4-6-8-10;1-2/h3-8H2,1-2H3;1-2H3. The van der Waals surface area contributed by atoms with Crippen LogP contribution in [0.1, 0.15) is 59.3 Å². The molecule has 1 saturated carbocycles. The first-order valence-corrected chi connectivity index (χ1v) is 5.83. The summed E-state index contributed by atoms with van der Waals surface area (Å²) in [5.74, 6) is 0.00435. The van der Waals surface area contributed by atoms with Crippen molar-refractivity contribution in [3.63, 3.8) is 0 Å². The molecule has 0 N–H and O–H groups in total. The van der Waals surface area contributed by atoms with Crippen LogP contribution in [0.2, 0.25) is 0 Å². The molecular weight excluding hydrogens is 176 g/mol. The summed E-state index contributed by atoms with van der Waals surface area (Å²) in [5.41, 5.74) is -0.132. The molecule has 14 heavy (non-hydrogen) atoms. The van der Waals surface area contributed by atoms with E-state index >= 15 is 0 Å². The van der Waals surface area contributed by atoms with Crippen LogP contribution in [0.15, 0.2) is 0 Å². The summed E-state index contributed by atoms with van der Waals surface area (Å²) in [6.07, 6.45) is 6.62. The predicted octanol–water partition coefficient (Wildman–Crippen LogP) is 3.55. The second-order valence-corrected chi connectivity index (χ2v) is 3.69. The monoisotopic (exact) mass is 200 g/mol. The SMILES string of the molecule is CC.CCC1(C(=O)OC)CCCCC1. The largest absolute Gasteiger partial charge is 0.469 e. The molecule has 0 radical (unpaired) electrons. The van der Waals surface area contributed by atoms with Gasteiger partial charge in [0.25, 0.3) is 0 Å². The molecule has 0 aliphatic heterocycles. The van der Waals surface area contributed by atoms with E-state index in [4.69, 9.17) is 4.74 Å². The number of hydrogen-bond donors (Lipinski definition) is 0. The van der Waals surface area contributed by atoms with E-state index in [2.05, 4.69) is 6.92 Å². The summed E-state index contributed by atoms with van der Waals surface area (Å²) < 4.78 is 4.85. The maximum Gasteiger partial charge on any atom is 0.311 e. The van der Waals surface area contributed by atoms with Crippen LogP contribution in [-0.4, -0.2) is 13.1 Å².